The van der Waals surface area contributed by atoms with Crippen molar-refractivity contribution in [3.05, 3.63) is 52.8 Å². The first kappa shape index (κ1) is 17.6. The zero-order chi connectivity index (χ0) is 17.1. The molecule has 0 unspecified atom stereocenters. The van der Waals surface area contributed by atoms with E-state index in [4.69, 9.17) is 0 Å². The van der Waals surface area contributed by atoms with E-state index in [1.807, 2.05) is 6.92 Å². The van der Waals surface area contributed by atoms with Gasteiger partial charge < -0.3 is 20.1 Å². The summed E-state index contributed by atoms with van der Waals surface area (Å²) < 4.78 is 2.33. The first-order chi connectivity index (χ1) is 10.8. The molecule has 1 heterocycles. The van der Waals surface area contributed by atoms with Crippen molar-refractivity contribution in [1.82, 2.24) is 9.88 Å². The molecule has 0 fully saturated rings. The summed E-state index contributed by atoms with van der Waals surface area (Å²) in [4.78, 5) is 0. The summed E-state index contributed by atoms with van der Waals surface area (Å²) in [6.07, 6.45) is -0.607. The predicted molar refractivity (Wildman–Crippen MR) is 93.7 cm³/mol. The van der Waals surface area contributed by atoms with Crippen LogP contribution in [0, 0.1) is 13.8 Å². The lowest BCUT2D eigenvalue weighted by Gasteiger charge is -2.21. The minimum atomic E-state index is -0.607. The van der Waals surface area contributed by atoms with Gasteiger partial charge in [0.1, 0.15) is 5.75 Å². The minimum Gasteiger partial charge on any atom is -0.508 e. The number of aliphatic hydroxyl groups excluding tert-OH is 1. The summed E-state index contributed by atoms with van der Waals surface area (Å²) in [5.41, 5.74) is 4.61. The molecule has 126 valence electrons. The second kappa shape index (κ2) is 7.20. The maximum absolute atomic E-state index is 10.4. The number of aliphatic hydroxyl groups is 1. The van der Waals surface area contributed by atoms with Crippen LogP contribution in [0.1, 0.15) is 55.4 Å². The van der Waals surface area contributed by atoms with Gasteiger partial charge in [-0.25, -0.2) is 0 Å². The molecule has 3 N–H and O–H groups in total. The fourth-order valence-electron chi connectivity index (χ4n) is 3.16. The van der Waals surface area contributed by atoms with E-state index >= 15 is 0 Å². The van der Waals surface area contributed by atoms with Gasteiger partial charge in [0.2, 0.25) is 0 Å². The molecule has 0 saturated carbocycles. The quantitative estimate of drug-likeness (QED) is 0.763. The second-order valence-corrected chi connectivity index (χ2v) is 6.57. The molecule has 4 heteroatoms. The molecule has 0 saturated heterocycles. The van der Waals surface area contributed by atoms with Crippen LogP contribution in [0.2, 0.25) is 0 Å². The SMILES string of the molecule is Cc1cc(CN[C@@H](C)[C@H](O)c2ccc(O)cc2)c(C)n1C(C)C. The smallest absolute Gasteiger partial charge is 0.115 e. The van der Waals surface area contributed by atoms with Gasteiger partial charge in [-0.05, 0) is 63.9 Å². The maximum atomic E-state index is 10.4. The molecular formula is C19H28N2O2. The van der Waals surface area contributed by atoms with Crippen LogP contribution < -0.4 is 5.32 Å². The summed E-state index contributed by atoms with van der Waals surface area (Å²) in [6, 6.07) is 9.28. The third-order valence-electron chi connectivity index (χ3n) is 4.43. The van der Waals surface area contributed by atoms with E-state index in [1.165, 1.54) is 17.0 Å². The monoisotopic (exact) mass is 316 g/mol. The molecule has 0 amide bonds. The number of nitrogens with zero attached hydrogens (tertiary/aromatic N) is 1. The Hall–Kier alpha value is -1.78. The Labute approximate surface area is 138 Å². The molecule has 2 atom stereocenters. The van der Waals surface area contributed by atoms with Crippen LogP contribution in [0.25, 0.3) is 0 Å². The Bertz CT molecular complexity index is 644. The minimum absolute atomic E-state index is 0.0818. The van der Waals surface area contributed by atoms with E-state index < -0.39 is 6.10 Å². The topological polar surface area (TPSA) is 57.4 Å². The number of phenols is 1. The lowest BCUT2D eigenvalue weighted by Crippen LogP contribution is -2.31. The zero-order valence-corrected chi connectivity index (χ0v) is 14.7. The van der Waals surface area contributed by atoms with Gasteiger partial charge in [0.25, 0.3) is 0 Å². The number of aromatic nitrogens is 1. The van der Waals surface area contributed by atoms with Crippen molar-refractivity contribution in [2.75, 3.05) is 0 Å². The van der Waals surface area contributed by atoms with Crippen LogP contribution in [0.3, 0.4) is 0 Å². The molecule has 2 aromatic rings. The van der Waals surface area contributed by atoms with Crippen molar-refractivity contribution in [2.45, 2.75) is 59.4 Å². The van der Waals surface area contributed by atoms with Crippen LogP contribution in [-0.2, 0) is 6.54 Å². The van der Waals surface area contributed by atoms with Crippen molar-refractivity contribution in [2.24, 2.45) is 0 Å². The van der Waals surface area contributed by atoms with Crippen LogP contribution in [0.4, 0.5) is 0 Å². The van der Waals surface area contributed by atoms with Crippen molar-refractivity contribution in [3.8, 4) is 5.75 Å². The van der Waals surface area contributed by atoms with E-state index in [9.17, 15) is 10.2 Å². The number of aryl methyl sites for hydroxylation is 1. The van der Waals surface area contributed by atoms with Crippen molar-refractivity contribution in [3.63, 3.8) is 0 Å². The lowest BCUT2D eigenvalue weighted by atomic mass is 10.0. The maximum Gasteiger partial charge on any atom is 0.115 e. The number of nitrogens with one attached hydrogen (secondary N) is 1. The number of phenolic OH excluding ortho intramolecular Hbond substituents is 1. The highest BCUT2D eigenvalue weighted by atomic mass is 16.3. The number of aromatic hydroxyl groups is 1. The van der Waals surface area contributed by atoms with Gasteiger partial charge >= 0.3 is 0 Å². The number of benzene rings is 1. The molecule has 1 aromatic heterocycles. The normalized spacial score (nSPS) is 14.2. The molecule has 0 aliphatic heterocycles. The second-order valence-electron chi connectivity index (χ2n) is 6.57. The van der Waals surface area contributed by atoms with Gasteiger partial charge in [0.15, 0.2) is 0 Å². The van der Waals surface area contributed by atoms with Gasteiger partial charge in [-0.2, -0.15) is 0 Å². The third kappa shape index (κ3) is 3.95. The van der Waals surface area contributed by atoms with Gasteiger partial charge in [0.05, 0.1) is 6.10 Å². The molecule has 0 aliphatic rings. The summed E-state index contributed by atoms with van der Waals surface area (Å²) in [5, 5.41) is 23.2. The van der Waals surface area contributed by atoms with Crippen molar-refractivity contribution in [1.29, 1.82) is 0 Å². The first-order valence-electron chi connectivity index (χ1n) is 8.19. The highest BCUT2D eigenvalue weighted by Crippen LogP contribution is 2.22. The fourth-order valence-corrected chi connectivity index (χ4v) is 3.16. The summed E-state index contributed by atoms with van der Waals surface area (Å²) in [7, 11) is 0. The first-order valence-corrected chi connectivity index (χ1v) is 8.19. The van der Waals surface area contributed by atoms with Crippen molar-refractivity contribution >= 4 is 0 Å². The zero-order valence-electron chi connectivity index (χ0n) is 14.7. The van der Waals surface area contributed by atoms with E-state index in [2.05, 4.69) is 43.6 Å². The highest BCUT2D eigenvalue weighted by Gasteiger charge is 2.17. The van der Waals surface area contributed by atoms with Crippen LogP contribution in [0.15, 0.2) is 30.3 Å². The molecule has 0 aliphatic carbocycles. The van der Waals surface area contributed by atoms with Gasteiger partial charge in [-0.1, -0.05) is 12.1 Å². The third-order valence-corrected chi connectivity index (χ3v) is 4.43. The Balaban J connectivity index is 2.03. The van der Waals surface area contributed by atoms with Gasteiger partial charge in [-0.15, -0.1) is 0 Å². The number of rotatable bonds is 6. The van der Waals surface area contributed by atoms with E-state index in [0.717, 1.165) is 12.1 Å². The highest BCUT2D eigenvalue weighted by molar-refractivity contribution is 5.29. The molecule has 0 radical (unpaired) electrons. The number of hydrogen-bond acceptors (Lipinski definition) is 3. The van der Waals surface area contributed by atoms with E-state index in [-0.39, 0.29) is 11.8 Å². The van der Waals surface area contributed by atoms with Gasteiger partial charge in [-0.3, -0.25) is 0 Å². The molecule has 0 bridgehead atoms. The standard InChI is InChI=1S/C19H28N2O2/c1-12(2)21-13(3)10-17(15(21)5)11-20-14(4)19(23)16-6-8-18(22)9-7-16/h6-10,12,14,19-20,22-23H,11H2,1-5H3/t14-,19-/m0/s1. The Kier molecular flexibility index (Phi) is 5.50. The fraction of sp³-hybridized carbons (Fsp3) is 0.474. The molecule has 1 aromatic carbocycles. The Morgan fingerprint density at radius 2 is 1.70 bits per heavy atom. The molecule has 23 heavy (non-hydrogen) atoms. The lowest BCUT2D eigenvalue weighted by molar-refractivity contribution is 0.135. The summed E-state index contributed by atoms with van der Waals surface area (Å²) in [6.45, 7) is 11.3. The molecule has 0 spiro atoms. The van der Waals surface area contributed by atoms with E-state index in [0.29, 0.717) is 6.04 Å². The van der Waals surface area contributed by atoms with Crippen molar-refractivity contribution < 1.29 is 10.2 Å². The summed E-state index contributed by atoms with van der Waals surface area (Å²) >= 11 is 0. The van der Waals surface area contributed by atoms with Gasteiger partial charge in [0, 0.05) is 30.0 Å². The summed E-state index contributed by atoms with van der Waals surface area (Å²) in [5.74, 6) is 0.211. The molecular weight excluding hydrogens is 288 g/mol. The average Bonchev–Trinajstić information content (AvgIpc) is 2.79. The number of hydrogen-bond donors (Lipinski definition) is 3. The van der Waals surface area contributed by atoms with E-state index in [1.54, 1.807) is 24.3 Å². The average molecular weight is 316 g/mol. The van der Waals surface area contributed by atoms with Crippen LogP contribution in [-0.4, -0.2) is 20.8 Å². The molecule has 2 rings (SSSR count). The Morgan fingerprint density at radius 3 is 2.22 bits per heavy atom. The largest absolute Gasteiger partial charge is 0.508 e. The van der Waals surface area contributed by atoms with Crippen LogP contribution in [0.5, 0.6) is 5.75 Å². The molecule has 4 nitrogen and oxygen atoms in total. The Morgan fingerprint density at radius 1 is 1.09 bits per heavy atom. The van der Waals surface area contributed by atoms with Crippen LogP contribution >= 0.6 is 0 Å². The predicted octanol–water partition coefficient (Wildman–Crippen LogP) is 3.60.